The maximum Gasteiger partial charge on any atom is 0.489 e. The second-order valence-electron chi connectivity index (χ2n) is 2.04. The lowest BCUT2D eigenvalue weighted by atomic mass is 9.80. The van der Waals surface area contributed by atoms with E-state index in [4.69, 9.17) is 10.0 Å². The third kappa shape index (κ3) is 2.15. The van der Waals surface area contributed by atoms with Crippen LogP contribution >= 0.6 is 22.6 Å². The molecule has 0 amide bonds. The topological polar surface area (TPSA) is 40.5 Å². The molecule has 11 heavy (non-hydrogen) atoms. The van der Waals surface area contributed by atoms with Gasteiger partial charge < -0.3 is 10.0 Å². The van der Waals surface area contributed by atoms with Crippen molar-refractivity contribution in [3.63, 3.8) is 0 Å². The van der Waals surface area contributed by atoms with Gasteiger partial charge in [-0.25, -0.2) is 4.39 Å². The Hall–Kier alpha value is -0.135. The molecule has 0 atom stereocenters. The van der Waals surface area contributed by atoms with E-state index in [2.05, 4.69) is 0 Å². The van der Waals surface area contributed by atoms with Crippen molar-refractivity contribution in [3.05, 3.63) is 27.6 Å². The van der Waals surface area contributed by atoms with E-state index in [0.29, 0.717) is 3.57 Å². The van der Waals surface area contributed by atoms with Crippen LogP contribution < -0.4 is 5.46 Å². The fourth-order valence-electron chi connectivity index (χ4n) is 0.712. The number of halogens is 2. The van der Waals surface area contributed by atoms with Crippen molar-refractivity contribution in [2.45, 2.75) is 0 Å². The molecule has 0 heterocycles. The number of benzene rings is 1. The lowest BCUT2D eigenvalue weighted by Gasteiger charge is -2.01. The van der Waals surface area contributed by atoms with Crippen molar-refractivity contribution in [2.24, 2.45) is 0 Å². The molecule has 5 heteroatoms. The van der Waals surface area contributed by atoms with Gasteiger partial charge in [-0.3, -0.25) is 0 Å². The van der Waals surface area contributed by atoms with Gasteiger partial charge >= 0.3 is 7.12 Å². The molecule has 2 N–H and O–H groups in total. The van der Waals surface area contributed by atoms with Crippen molar-refractivity contribution in [1.29, 1.82) is 0 Å². The van der Waals surface area contributed by atoms with E-state index in [0.717, 1.165) is 6.07 Å². The Morgan fingerprint density at radius 1 is 1.36 bits per heavy atom. The molecule has 0 bridgehead atoms. The Labute approximate surface area is 77.3 Å². The molecular formula is C6H5BFIO2. The zero-order valence-corrected chi connectivity index (χ0v) is 7.62. The van der Waals surface area contributed by atoms with Gasteiger partial charge in [0.2, 0.25) is 0 Å². The van der Waals surface area contributed by atoms with Crippen LogP contribution in [0.3, 0.4) is 0 Å². The first-order valence-corrected chi connectivity index (χ1v) is 4.00. The molecule has 0 aliphatic rings. The number of rotatable bonds is 1. The van der Waals surface area contributed by atoms with Gasteiger partial charge in [0, 0.05) is 3.57 Å². The van der Waals surface area contributed by atoms with E-state index in [1.165, 1.54) is 12.1 Å². The molecule has 0 fully saturated rings. The zero-order chi connectivity index (χ0) is 8.43. The highest BCUT2D eigenvalue weighted by atomic mass is 127. The SMILES string of the molecule is OB(O)c1cc(F)ccc1I. The van der Waals surface area contributed by atoms with Crippen molar-refractivity contribution in [3.8, 4) is 0 Å². The summed E-state index contributed by atoms with van der Waals surface area (Å²) >= 11 is 1.91. The first-order valence-electron chi connectivity index (χ1n) is 2.92. The zero-order valence-electron chi connectivity index (χ0n) is 5.46. The van der Waals surface area contributed by atoms with Crippen LogP contribution in [0.25, 0.3) is 0 Å². The summed E-state index contributed by atoms with van der Waals surface area (Å²) in [6, 6.07) is 3.87. The normalized spacial score (nSPS) is 9.82. The molecule has 1 rings (SSSR count). The van der Waals surface area contributed by atoms with Crippen LogP contribution in [0.5, 0.6) is 0 Å². The quantitative estimate of drug-likeness (QED) is 0.559. The smallest absolute Gasteiger partial charge is 0.423 e. The highest BCUT2D eigenvalue weighted by Gasteiger charge is 2.14. The van der Waals surface area contributed by atoms with Crippen LogP contribution in [0.4, 0.5) is 4.39 Å². The van der Waals surface area contributed by atoms with Gasteiger partial charge in [-0.15, -0.1) is 0 Å². The summed E-state index contributed by atoms with van der Waals surface area (Å²) in [5.41, 5.74) is 0.200. The lowest BCUT2D eigenvalue weighted by Crippen LogP contribution is -2.32. The van der Waals surface area contributed by atoms with Gasteiger partial charge in [0.15, 0.2) is 0 Å². The second-order valence-corrected chi connectivity index (χ2v) is 3.20. The first-order chi connectivity index (χ1) is 5.11. The maximum absolute atomic E-state index is 12.5. The van der Waals surface area contributed by atoms with E-state index in [1.54, 1.807) is 0 Å². The number of hydrogen-bond donors (Lipinski definition) is 2. The molecule has 0 aromatic heterocycles. The average molecular weight is 266 g/mol. The summed E-state index contributed by atoms with van der Waals surface area (Å²) < 4.78 is 13.1. The molecule has 0 saturated heterocycles. The Kier molecular flexibility index (Phi) is 2.86. The lowest BCUT2D eigenvalue weighted by molar-refractivity contribution is 0.425. The van der Waals surface area contributed by atoms with Crippen LogP contribution in [0.2, 0.25) is 0 Å². The molecule has 0 spiro atoms. The molecule has 1 aromatic rings. The fraction of sp³-hybridized carbons (Fsp3) is 0. The summed E-state index contributed by atoms with van der Waals surface area (Å²) in [6.45, 7) is 0. The molecule has 1 aromatic carbocycles. The largest absolute Gasteiger partial charge is 0.489 e. The first kappa shape index (κ1) is 8.96. The third-order valence-corrected chi connectivity index (χ3v) is 2.22. The Balaban J connectivity index is 3.13. The summed E-state index contributed by atoms with van der Waals surface area (Å²) in [7, 11) is -1.60. The predicted molar refractivity (Wildman–Crippen MR) is 48.9 cm³/mol. The van der Waals surface area contributed by atoms with E-state index in [9.17, 15) is 4.39 Å². The van der Waals surface area contributed by atoms with Crippen LogP contribution in [0.15, 0.2) is 18.2 Å². The Bertz CT molecular complexity index is 267. The summed E-state index contributed by atoms with van der Waals surface area (Å²) in [6.07, 6.45) is 0. The van der Waals surface area contributed by atoms with Gasteiger partial charge in [0.1, 0.15) is 5.82 Å². The van der Waals surface area contributed by atoms with Crippen LogP contribution in [-0.4, -0.2) is 17.2 Å². The summed E-state index contributed by atoms with van der Waals surface area (Å²) in [4.78, 5) is 0. The molecule has 0 saturated carbocycles. The minimum absolute atomic E-state index is 0.200. The fourth-order valence-corrected chi connectivity index (χ4v) is 1.33. The molecule has 0 aliphatic heterocycles. The molecule has 58 valence electrons. The summed E-state index contributed by atoms with van der Waals surface area (Å²) in [5, 5.41) is 17.4. The molecule has 0 radical (unpaired) electrons. The summed E-state index contributed by atoms with van der Waals surface area (Å²) in [5.74, 6) is -0.464. The maximum atomic E-state index is 12.5. The minimum atomic E-state index is -1.60. The molecule has 2 nitrogen and oxygen atoms in total. The van der Waals surface area contributed by atoms with Gasteiger partial charge in [0.05, 0.1) is 0 Å². The Morgan fingerprint density at radius 2 is 2.00 bits per heavy atom. The highest BCUT2D eigenvalue weighted by molar-refractivity contribution is 14.1. The van der Waals surface area contributed by atoms with Gasteiger partial charge in [-0.05, 0) is 46.3 Å². The highest BCUT2D eigenvalue weighted by Crippen LogP contribution is 2.03. The van der Waals surface area contributed by atoms with Crippen molar-refractivity contribution < 1.29 is 14.4 Å². The number of hydrogen-bond acceptors (Lipinski definition) is 2. The van der Waals surface area contributed by atoms with E-state index < -0.39 is 12.9 Å². The Morgan fingerprint density at radius 3 is 2.45 bits per heavy atom. The standard InChI is InChI=1S/C6H5BFIO2/c8-4-1-2-6(9)5(3-4)7(10)11/h1-3,10-11H. The van der Waals surface area contributed by atoms with Gasteiger partial charge in [-0.1, -0.05) is 0 Å². The van der Waals surface area contributed by atoms with Gasteiger partial charge in [0.25, 0.3) is 0 Å². The van der Waals surface area contributed by atoms with Crippen LogP contribution in [-0.2, 0) is 0 Å². The van der Waals surface area contributed by atoms with Crippen molar-refractivity contribution in [1.82, 2.24) is 0 Å². The predicted octanol–water partition coefficient (Wildman–Crippen LogP) is 0.110. The van der Waals surface area contributed by atoms with Crippen molar-refractivity contribution >= 4 is 35.2 Å². The minimum Gasteiger partial charge on any atom is -0.423 e. The van der Waals surface area contributed by atoms with Crippen LogP contribution in [0, 0.1) is 9.39 Å². The van der Waals surface area contributed by atoms with E-state index >= 15 is 0 Å². The van der Waals surface area contributed by atoms with Gasteiger partial charge in [-0.2, -0.15) is 0 Å². The second kappa shape index (κ2) is 3.51. The third-order valence-electron chi connectivity index (χ3n) is 1.24. The van der Waals surface area contributed by atoms with E-state index in [1.807, 2.05) is 22.6 Å². The average Bonchev–Trinajstić information content (AvgIpc) is 1.94. The molecule has 0 unspecified atom stereocenters. The van der Waals surface area contributed by atoms with Crippen molar-refractivity contribution in [2.75, 3.05) is 0 Å². The monoisotopic (exact) mass is 266 g/mol. The molecular weight excluding hydrogens is 261 g/mol. The molecule has 0 aliphatic carbocycles. The van der Waals surface area contributed by atoms with Crippen LogP contribution in [0.1, 0.15) is 0 Å². The van der Waals surface area contributed by atoms with E-state index in [-0.39, 0.29) is 5.46 Å².